The zero-order valence-corrected chi connectivity index (χ0v) is 19.1. The van der Waals surface area contributed by atoms with Crippen molar-refractivity contribution in [2.75, 3.05) is 43.9 Å². The lowest BCUT2D eigenvalue weighted by molar-refractivity contribution is -0.120. The Bertz CT molecular complexity index is 579. The van der Waals surface area contributed by atoms with Crippen LogP contribution in [0.2, 0.25) is 0 Å². The van der Waals surface area contributed by atoms with Gasteiger partial charge in [-0.25, -0.2) is 4.98 Å². The van der Waals surface area contributed by atoms with Gasteiger partial charge in [0.2, 0.25) is 5.91 Å². The maximum absolute atomic E-state index is 12.4. The van der Waals surface area contributed by atoms with Crippen LogP contribution in [0, 0.1) is 11.8 Å². The van der Waals surface area contributed by atoms with E-state index in [9.17, 15) is 4.79 Å². The molecule has 3 N–H and O–H groups in total. The highest BCUT2D eigenvalue weighted by molar-refractivity contribution is 5.92. The molecule has 0 bridgehead atoms. The van der Waals surface area contributed by atoms with Gasteiger partial charge in [0.25, 0.3) is 0 Å². The smallest absolute Gasteiger partial charge is 0.228 e. The van der Waals surface area contributed by atoms with E-state index in [0.29, 0.717) is 24.3 Å². The lowest BCUT2D eigenvalue weighted by Crippen LogP contribution is -2.42. The molecule has 1 amide bonds. The summed E-state index contributed by atoms with van der Waals surface area (Å²) in [6.07, 6.45) is 7.31. The Morgan fingerprint density at radius 1 is 1.18 bits per heavy atom. The summed E-state index contributed by atoms with van der Waals surface area (Å²) in [5, 5.41) is 2.97. The summed E-state index contributed by atoms with van der Waals surface area (Å²) >= 11 is 0. The van der Waals surface area contributed by atoms with Gasteiger partial charge < -0.3 is 20.9 Å². The predicted molar refractivity (Wildman–Crippen MR) is 123 cm³/mol. The number of nitrogens with two attached hydrogens (primary N) is 1. The number of hydrogen-bond acceptors (Lipinski definition) is 5. The number of hydrogen-bond donors (Lipinski definition) is 2. The molecular weight excluding hydrogens is 421 g/mol. The monoisotopic (exact) mass is 453 g/mol. The number of pyridine rings is 1. The van der Waals surface area contributed by atoms with Crippen LogP contribution in [0.1, 0.15) is 32.1 Å². The van der Waals surface area contributed by atoms with Crippen LogP contribution in [0.4, 0.5) is 11.5 Å². The normalized spacial score (nSPS) is 22.1. The first-order valence-corrected chi connectivity index (χ1v) is 9.47. The first-order chi connectivity index (χ1) is 12.1. The lowest BCUT2D eigenvalue weighted by Gasteiger charge is -2.36. The molecule has 1 saturated carbocycles. The molecule has 2 aliphatic rings. The number of carbonyl (C=O) groups excluding carboxylic acids is 1. The van der Waals surface area contributed by atoms with E-state index in [4.69, 9.17) is 5.73 Å². The lowest BCUT2D eigenvalue weighted by atomic mass is 9.95. The van der Waals surface area contributed by atoms with Crippen LogP contribution in [0.25, 0.3) is 0 Å². The number of halogens is 3. The molecule has 0 spiro atoms. The summed E-state index contributed by atoms with van der Waals surface area (Å²) in [6, 6.07) is 4.65. The molecule has 0 aromatic carbocycles. The molecule has 0 radical (unpaired) electrons. The zero-order chi connectivity index (χ0) is 17.8. The van der Waals surface area contributed by atoms with E-state index < -0.39 is 0 Å². The number of rotatable bonds is 5. The minimum atomic E-state index is 0. The third kappa shape index (κ3) is 6.63. The SMILES string of the molecule is CN(C)C1CCN(c2ccc(NC(=O)[C@@H]3CCC[C@@H]3CN)nc2)CC1.Cl.Cl.Cl. The Hall–Kier alpha value is -0.790. The van der Waals surface area contributed by atoms with Gasteiger partial charge in [0.05, 0.1) is 11.9 Å². The number of amides is 1. The molecule has 1 aliphatic heterocycles. The standard InChI is InChI=1S/C19H31N5O.3ClH/c1-23(2)15-8-10-24(11-9-15)16-6-7-18(21-13-16)22-19(25)17-5-3-4-14(17)12-20;;;/h6-7,13-15,17H,3-5,8-12,20H2,1-2H3,(H,21,22,25);3*1H/t14-,17-;;;/m1.../s1. The summed E-state index contributed by atoms with van der Waals surface area (Å²) in [7, 11) is 4.30. The molecule has 9 heteroatoms. The van der Waals surface area contributed by atoms with Crippen molar-refractivity contribution in [1.82, 2.24) is 9.88 Å². The molecule has 6 nitrogen and oxygen atoms in total. The van der Waals surface area contributed by atoms with E-state index in [0.717, 1.165) is 38.0 Å². The summed E-state index contributed by atoms with van der Waals surface area (Å²) in [5.41, 5.74) is 6.92. The Morgan fingerprint density at radius 3 is 2.39 bits per heavy atom. The largest absolute Gasteiger partial charge is 0.370 e. The molecule has 28 heavy (non-hydrogen) atoms. The van der Waals surface area contributed by atoms with Crippen LogP contribution in [0.15, 0.2) is 18.3 Å². The van der Waals surface area contributed by atoms with E-state index in [1.54, 1.807) is 0 Å². The summed E-state index contributed by atoms with van der Waals surface area (Å²) in [4.78, 5) is 21.6. The number of anilines is 2. The van der Waals surface area contributed by atoms with Gasteiger partial charge >= 0.3 is 0 Å². The van der Waals surface area contributed by atoms with Crippen LogP contribution >= 0.6 is 37.2 Å². The van der Waals surface area contributed by atoms with Crippen LogP contribution in [0.5, 0.6) is 0 Å². The fourth-order valence-electron chi connectivity index (χ4n) is 4.17. The van der Waals surface area contributed by atoms with Gasteiger partial charge in [-0.05, 0) is 64.4 Å². The van der Waals surface area contributed by atoms with Crippen molar-refractivity contribution >= 4 is 54.6 Å². The fourth-order valence-corrected chi connectivity index (χ4v) is 4.17. The average Bonchev–Trinajstić information content (AvgIpc) is 3.11. The maximum Gasteiger partial charge on any atom is 0.228 e. The van der Waals surface area contributed by atoms with E-state index in [2.05, 4.69) is 40.3 Å². The average molecular weight is 455 g/mol. The summed E-state index contributed by atoms with van der Waals surface area (Å²) in [6.45, 7) is 2.69. The summed E-state index contributed by atoms with van der Waals surface area (Å²) < 4.78 is 0. The third-order valence-corrected chi connectivity index (χ3v) is 5.86. The molecule has 162 valence electrons. The van der Waals surface area contributed by atoms with Crippen LogP contribution < -0.4 is 16.0 Å². The van der Waals surface area contributed by atoms with Gasteiger partial charge in [-0.15, -0.1) is 37.2 Å². The Kier molecular flexibility index (Phi) is 12.3. The molecule has 1 aliphatic carbocycles. The van der Waals surface area contributed by atoms with Gasteiger partial charge in [0.15, 0.2) is 0 Å². The van der Waals surface area contributed by atoms with Crippen molar-refractivity contribution in [3.63, 3.8) is 0 Å². The number of aromatic nitrogens is 1. The van der Waals surface area contributed by atoms with Crippen LogP contribution in [-0.4, -0.2) is 55.6 Å². The first-order valence-electron chi connectivity index (χ1n) is 9.47. The van der Waals surface area contributed by atoms with Gasteiger partial charge in [-0.3, -0.25) is 4.79 Å². The topological polar surface area (TPSA) is 74.5 Å². The Balaban J connectivity index is 0.00000243. The van der Waals surface area contributed by atoms with Crippen molar-refractivity contribution in [3.05, 3.63) is 18.3 Å². The molecule has 1 aromatic rings. The first kappa shape index (κ1) is 27.2. The fraction of sp³-hybridized carbons (Fsp3) is 0.684. The number of piperidine rings is 1. The quantitative estimate of drug-likeness (QED) is 0.714. The van der Waals surface area contributed by atoms with Gasteiger partial charge in [0.1, 0.15) is 5.82 Å². The second-order valence-corrected chi connectivity index (χ2v) is 7.61. The number of nitrogens with one attached hydrogen (secondary N) is 1. The van der Waals surface area contributed by atoms with Gasteiger partial charge in [0, 0.05) is 25.0 Å². The molecule has 1 saturated heterocycles. The summed E-state index contributed by atoms with van der Waals surface area (Å²) in [5.74, 6) is 1.06. The Labute approximate surface area is 187 Å². The molecule has 0 unspecified atom stereocenters. The predicted octanol–water partition coefficient (Wildman–Crippen LogP) is 3.19. The van der Waals surface area contributed by atoms with Crippen molar-refractivity contribution in [2.45, 2.75) is 38.1 Å². The molecule has 2 heterocycles. The molecule has 2 fully saturated rings. The second-order valence-electron chi connectivity index (χ2n) is 7.61. The number of nitrogens with zero attached hydrogens (tertiary/aromatic N) is 3. The Morgan fingerprint density at radius 2 is 1.86 bits per heavy atom. The number of carbonyl (C=O) groups is 1. The van der Waals surface area contributed by atoms with Crippen LogP contribution in [-0.2, 0) is 4.79 Å². The van der Waals surface area contributed by atoms with Crippen molar-refractivity contribution in [3.8, 4) is 0 Å². The van der Waals surface area contributed by atoms with Gasteiger partial charge in [-0.2, -0.15) is 0 Å². The van der Waals surface area contributed by atoms with E-state index in [1.165, 1.54) is 12.8 Å². The maximum atomic E-state index is 12.4. The van der Waals surface area contributed by atoms with E-state index in [1.807, 2.05) is 12.3 Å². The minimum Gasteiger partial charge on any atom is -0.370 e. The van der Waals surface area contributed by atoms with E-state index in [-0.39, 0.29) is 49.0 Å². The van der Waals surface area contributed by atoms with Crippen molar-refractivity contribution in [1.29, 1.82) is 0 Å². The molecule has 3 rings (SSSR count). The van der Waals surface area contributed by atoms with Crippen molar-refractivity contribution in [2.24, 2.45) is 17.6 Å². The zero-order valence-electron chi connectivity index (χ0n) is 16.7. The van der Waals surface area contributed by atoms with Crippen LogP contribution in [0.3, 0.4) is 0 Å². The van der Waals surface area contributed by atoms with E-state index >= 15 is 0 Å². The van der Waals surface area contributed by atoms with Gasteiger partial charge in [-0.1, -0.05) is 6.42 Å². The minimum absolute atomic E-state index is 0. The second kappa shape index (κ2) is 12.7. The molecule has 1 aromatic heterocycles. The highest BCUT2D eigenvalue weighted by atomic mass is 35.5. The third-order valence-electron chi connectivity index (χ3n) is 5.86. The highest BCUT2D eigenvalue weighted by Crippen LogP contribution is 2.31. The highest BCUT2D eigenvalue weighted by Gasteiger charge is 2.32. The molecular formula is C19H34Cl3N5O. The van der Waals surface area contributed by atoms with Crippen molar-refractivity contribution < 1.29 is 4.79 Å². The molecule has 2 atom stereocenters.